The van der Waals surface area contributed by atoms with Crippen LogP contribution < -0.4 is 20.7 Å². The fourth-order valence-corrected chi connectivity index (χ4v) is 4.02. The highest BCUT2D eigenvalue weighted by Crippen LogP contribution is 2.37. The highest BCUT2D eigenvalue weighted by atomic mass is 19.1. The number of nitrogens with one attached hydrogen (secondary N) is 1. The summed E-state index contributed by atoms with van der Waals surface area (Å²) in [6.07, 6.45) is 4.55. The van der Waals surface area contributed by atoms with Crippen molar-refractivity contribution < 1.29 is 13.9 Å². The third-order valence-corrected chi connectivity index (χ3v) is 5.65. The van der Waals surface area contributed by atoms with Gasteiger partial charge in [-0.1, -0.05) is 0 Å². The van der Waals surface area contributed by atoms with Gasteiger partial charge in [-0.3, -0.25) is 14.8 Å². The molecule has 0 atom stereocenters. The third kappa shape index (κ3) is 3.46. The van der Waals surface area contributed by atoms with Crippen molar-refractivity contribution in [1.29, 1.82) is 5.26 Å². The number of hydrogen-bond acceptors (Lipinski definition) is 7. The van der Waals surface area contributed by atoms with E-state index < -0.39 is 17.1 Å². The number of pyridine rings is 2. The van der Waals surface area contributed by atoms with Crippen molar-refractivity contribution in [2.24, 2.45) is 0 Å². The van der Waals surface area contributed by atoms with Gasteiger partial charge in [0.2, 0.25) is 0 Å². The molecule has 2 aromatic carbocycles. The van der Waals surface area contributed by atoms with Crippen LogP contribution in [0.4, 0.5) is 4.39 Å². The second-order valence-electron chi connectivity index (χ2n) is 7.55. The zero-order valence-corrected chi connectivity index (χ0v) is 18.5. The predicted molar refractivity (Wildman–Crippen MR) is 126 cm³/mol. The summed E-state index contributed by atoms with van der Waals surface area (Å²) in [4.78, 5) is 37.7. The van der Waals surface area contributed by atoms with E-state index in [0.717, 1.165) is 10.6 Å². The van der Waals surface area contributed by atoms with Crippen LogP contribution in [0, 0.1) is 17.1 Å². The van der Waals surface area contributed by atoms with E-state index in [1.165, 1.54) is 38.6 Å². The summed E-state index contributed by atoms with van der Waals surface area (Å²) in [7, 11) is 2.71. The van der Waals surface area contributed by atoms with E-state index in [1.807, 2.05) is 6.07 Å². The van der Waals surface area contributed by atoms with Crippen LogP contribution >= 0.6 is 0 Å². The van der Waals surface area contributed by atoms with Crippen LogP contribution in [0.25, 0.3) is 38.6 Å². The minimum Gasteiger partial charge on any atom is -0.496 e. The molecule has 0 spiro atoms. The second-order valence-corrected chi connectivity index (χ2v) is 7.55. The lowest BCUT2D eigenvalue weighted by atomic mass is 9.97. The summed E-state index contributed by atoms with van der Waals surface area (Å²) in [5, 5.41) is 10.4. The van der Waals surface area contributed by atoms with Crippen molar-refractivity contribution >= 4 is 21.8 Å². The number of hydrogen-bond donors (Lipinski definition) is 1. The van der Waals surface area contributed by atoms with Gasteiger partial charge >= 0.3 is 5.69 Å². The Labute approximate surface area is 196 Å². The van der Waals surface area contributed by atoms with Crippen molar-refractivity contribution in [3.8, 4) is 34.4 Å². The Morgan fingerprint density at radius 1 is 1.06 bits per heavy atom. The first-order valence-corrected chi connectivity index (χ1v) is 10.3. The van der Waals surface area contributed by atoms with Gasteiger partial charge in [0.25, 0.3) is 5.56 Å². The molecule has 0 aliphatic rings. The molecular formula is C25H16FN5O4. The van der Waals surface area contributed by atoms with Crippen molar-refractivity contribution in [2.75, 3.05) is 14.2 Å². The fourth-order valence-electron chi connectivity index (χ4n) is 4.02. The van der Waals surface area contributed by atoms with E-state index in [-0.39, 0.29) is 33.7 Å². The molecule has 5 rings (SSSR count). The molecular weight excluding hydrogens is 453 g/mol. The molecule has 0 aliphatic carbocycles. The Bertz CT molecular complexity index is 1800. The highest BCUT2D eigenvalue weighted by molar-refractivity contribution is 5.90. The number of fused-ring (bicyclic) bond motifs is 2. The average molecular weight is 469 g/mol. The second kappa shape index (κ2) is 8.39. The van der Waals surface area contributed by atoms with Crippen LogP contribution in [0.15, 0.2) is 64.6 Å². The summed E-state index contributed by atoms with van der Waals surface area (Å²) < 4.78 is 25.7. The number of aromatic nitrogens is 4. The molecule has 3 heterocycles. The SMILES string of the molecule is COc1cc(-c2cc3[nH]c(=O)n(-c4cncc5cccnc45)c(=O)c3cc2OC)c(C#N)cc1F. The Morgan fingerprint density at radius 2 is 1.86 bits per heavy atom. The quantitative estimate of drug-likeness (QED) is 0.428. The van der Waals surface area contributed by atoms with Crippen molar-refractivity contribution in [3.63, 3.8) is 0 Å². The molecule has 0 aliphatic heterocycles. The summed E-state index contributed by atoms with van der Waals surface area (Å²) in [5.41, 5.74) is 0.295. The third-order valence-electron chi connectivity index (χ3n) is 5.65. The maximum Gasteiger partial charge on any atom is 0.333 e. The van der Waals surface area contributed by atoms with Gasteiger partial charge in [0.1, 0.15) is 5.75 Å². The molecule has 0 saturated heterocycles. The Kier molecular flexibility index (Phi) is 5.22. The fraction of sp³-hybridized carbons (Fsp3) is 0.0800. The lowest BCUT2D eigenvalue weighted by molar-refractivity contribution is 0.386. The van der Waals surface area contributed by atoms with E-state index in [4.69, 9.17) is 9.47 Å². The topological polar surface area (TPSA) is 123 Å². The molecule has 0 radical (unpaired) electrons. The van der Waals surface area contributed by atoms with Crippen LogP contribution in [0.1, 0.15) is 5.56 Å². The normalized spacial score (nSPS) is 10.9. The van der Waals surface area contributed by atoms with E-state index in [9.17, 15) is 19.2 Å². The van der Waals surface area contributed by atoms with E-state index in [2.05, 4.69) is 15.0 Å². The number of H-pyrrole nitrogens is 1. The number of benzene rings is 2. The number of aromatic amines is 1. The maximum absolute atomic E-state index is 14.2. The minimum absolute atomic E-state index is 0.0320. The first kappa shape index (κ1) is 21.8. The molecule has 9 nitrogen and oxygen atoms in total. The van der Waals surface area contributed by atoms with Crippen LogP contribution in [0.5, 0.6) is 11.5 Å². The molecule has 0 saturated carbocycles. The largest absolute Gasteiger partial charge is 0.496 e. The van der Waals surface area contributed by atoms with Gasteiger partial charge < -0.3 is 14.5 Å². The first-order valence-electron chi connectivity index (χ1n) is 10.3. The molecule has 3 aromatic heterocycles. The zero-order valence-electron chi connectivity index (χ0n) is 18.5. The van der Waals surface area contributed by atoms with Gasteiger partial charge in [0, 0.05) is 28.9 Å². The molecule has 10 heteroatoms. The number of methoxy groups -OCH3 is 2. The summed E-state index contributed by atoms with van der Waals surface area (Å²) in [6, 6.07) is 10.8. The number of halogens is 1. The van der Waals surface area contributed by atoms with Crippen molar-refractivity contribution in [2.45, 2.75) is 0 Å². The Balaban J connectivity index is 1.81. The van der Waals surface area contributed by atoms with Crippen LogP contribution in [0.3, 0.4) is 0 Å². The average Bonchev–Trinajstić information content (AvgIpc) is 2.88. The van der Waals surface area contributed by atoms with Crippen LogP contribution in [0.2, 0.25) is 0 Å². The lowest BCUT2D eigenvalue weighted by Crippen LogP contribution is -2.34. The van der Waals surface area contributed by atoms with Gasteiger partial charge in [0.15, 0.2) is 11.6 Å². The summed E-state index contributed by atoms with van der Waals surface area (Å²) in [5.74, 6) is -0.519. The van der Waals surface area contributed by atoms with Gasteiger partial charge in [-0.2, -0.15) is 5.26 Å². The van der Waals surface area contributed by atoms with Crippen molar-refractivity contribution in [1.82, 2.24) is 19.5 Å². The van der Waals surface area contributed by atoms with Crippen LogP contribution in [-0.4, -0.2) is 33.7 Å². The van der Waals surface area contributed by atoms with Crippen molar-refractivity contribution in [3.05, 3.63) is 87.2 Å². The standard InChI is InChI=1S/C25H16FN5O4/c1-34-21-9-17-19(7-16(21)15-8-22(35-2)18(26)6-14(15)10-27)30-25(33)31(24(17)32)20-12-28-11-13-4-3-5-29-23(13)20/h3-9,11-12H,1-2H3,(H,30,33). The number of nitriles is 1. The molecule has 1 N–H and O–H groups in total. The molecule has 0 fully saturated rings. The maximum atomic E-state index is 14.2. The first-order chi connectivity index (χ1) is 17.0. The van der Waals surface area contributed by atoms with Gasteiger partial charge in [-0.05, 0) is 36.4 Å². The number of nitrogens with zero attached hydrogens (tertiary/aromatic N) is 4. The zero-order chi connectivity index (χ0) is 24.7. The van der Waals surface area contributed by atoms with Crippen LogP contribution in [-0.2, 0) is 0 Å². The number of rotatable bonds is 4. The predicted octanol–water partition coefficient (Wildman–Crippen LogP) is 3.32. The smallest absolute Gasteiger partial charge is 0.333 e. The van der Waals surface area contributed by atoms with E-state index in [0.29, 0.717) is 22.0 Å². The summed E-state index contributed by atoms with van der Waals surface area (Å²) >= 11 is 0. The molecule has 35 heavy (non-hydrogen) atoms. The van der Waals surface area contributed by atoms with E-state index in [1.54, 1.807) is 24.5 Å². The van der Waals surface area contributed by atoms with E-state index >= 15 is 0 Å². The summed E-state index contributed by atoms with van der Waals surface area (Å²) in [6.45, 7) is 0. The molecule has 0 bridgehead atoms. The molecule has 5 aromatic rings. The van der Waals surface area contributed by atoms with Gasteiger partial charge in [-0.25, -0.2) is 13.8 Å². The number of ether oxygens (including phenoxy) is 2. The minimum atomic E-state index is -0.698. The Morgan fingerprint density at radius 3 is 2.60 bits per heavy atom. The monoisotopic (exact) mass is 469 g/mol. The lowest BCUT2D eigenvalue weighted by Gasteiger charge is -2.14. The Hall–Kier alpha value is -5.04. The van der Waals surface area contributed by atoms with Gasteiger partial charge in [-0.15, -0.1) is 0 Å². The highest BCUT2D eigenvalue weighted by Gasteiger charge is 2.19. The van der Waals surface area contributed by atoms with Gasteiger partial charge in [0.05, 0.1) is 54.2 Å². The molecule has 0 unspecified atom stereocenters. The molecule has 0 amide bonds. The molecule has 172 valence electrons.